The Morgan fingerprint density at radius 3 is 2.62 bits per heavy atom. The monoisotopic (exact) mass is 382 g/mol. The van der Waals surface area contributed by atoms with Crippen LogP contribution in [0.3, 0.4) is 0 Å². The second kappa shape index (κ2) is 7.35. The Bertz CT molecular complexity index is 1230. The van der Waals surface area contributed by atoms with E-state index in [1.807, 2.05) is 48.5 Å². The van der Waals surface area contributed by atoms with E-state index in [9.17, 15) is 0 Å². The number of aromatic nitrogens is 6. The third kappa shape index (κ3) is 3.34. The van der Waals surface area contributed by atoms with Crippen molar-refractivity contribution < 1.29 is 9.26 Å². The fraction of sp³-hybridized carbons (Fsp3) is 0. The SMILES string of the molecule is c1ccc(Oc2ncccc2-c2noc(-c3cn[nH]c3-c3cccnc3)n2)cc1. The van der Waals surface area contributed by atoms with Gasteiger partial charge in [-0.25, -0.2) is 4.98 Å². The number of pyridine rings is 2. The number of para-hydroxylation sites is 1. The third-order valence-electron chi connectivity index (χ3n) is 4.22. The van der Waals surface area contributed by atoms with Crippen molar-refractivity contribution in [2.24, 2.45) is 0 Å². The van der Waals surface area contributed by atoms with E-state index in [4.69, 9.17) is 9.26 Å². The van der Waals surface area contributed by atoms with Gasteiger partial charge in [0.05, 0.1) is 23.0 Å². The zero-order valence-electron chi connectivity index (χ0n) is 15.1. The molecule has 8 nitrogen and oxygen atoms in total. The summed E-state index contributed by atoms with van der Waals surface area (Å²) in [5, 5.41) is 11.2. The van der Waals surface area contributed by atoms with E-state index in [0.717, 1.165) is 11.3 Å². The van der Waals surface area contributed by atoms with Gasteiger partial charge < -0.3 is 9.26 Å². The van der Waals surface area contributed by atoms with Gasteiger partial charge in [0, 0.05) is 24.2 Å². The number of rotatable bonds is 5. The number of hydrogen-bond donors (Lipinski definition) is 1. The Labute approximate surface area is 165 Å². The molecule has 140 valence electrons. The molecule has 0 unspecified atom stereocenters. The molecule has 1 aromatic carbocycles. The molecule has 8 heteroatoms. The van der Waals surface area contributed by atoms with Gasteiger partial charge in [-0.05, 0) is 36.4 Å². The standard InChI is InChI=1S/C21H14N6O2/c1-2-7-15(8-3-1)28-20-16(9-5-11-23-20)19-25-21(29-27-19)17-13-24-26-18(17)14-6-4-10-22-12-14/h1-13H,(H,24,26). The number of hydrogen-bond acceptors (Lipinski definition) is 7. The quantitative estimate of drug-likeness (QED) is 0.481. The highest BCUT2D eigenvalue weighted by Crippen LogP contribution is 2.33. The summed E-state index contributed by atoms with van der Waals surface area (Å²) in [6.45, 7) is 0. The van der Waals surface area contributed by atoms with Gasteiger partial charge in [0.1, 0.15) is 5.75 Å². The highest BCUT2D eigenvalue weighted by atomic mass is 16.5. The van der Waals surface area contributed by atoms with Gasteiger partial charge in [-0.1, -0.05) is 23.4 Å². The smallest absolute Gasteiger partial charge is 0.262 e. The molecule has 1 N–H and O–H groups in total. The van der Waals surface area contributed by atoms with Gasteiger partial charge >= 0.3 is 0 Å². The van der Waals surface area contributed by atoms with Gasteiger partial charge in [-0.3, -0.25) is 10.1 Å². The van der Waals surface area contributed by atoms with Crippen molar-refractivity contribution in [2.75, 3.05) is 0 Å². The molecular formula is C21H14N6O2. The third-order valence-corrected chi connectivity index (χ3v) is 4.22. The topological polar surface area (TPSA) is 103 Å². The first kappa shape index (κ1) is 16.8. The zero-order valence-corrected chi connectivity index (χ0v) is 15.1. The highest BCUT2D eigenvalue weighted by molar-refractivity contribution is 5.76. The molecule has 0 saturated heterocycles. The maximum Gasteiger partial charge on any atom is 0.262 e. The molecule has 0 atom stereocenters. The first-order chi connectivity index (χ1) is 14.4. The minimum Gasteiger partial charge on any atom is -0.438 e. The van der Waals surface area contributed by atoms with Crippen LogP contribution in [-0.4, -0.2) is 30.3 Å². The average Bonchev–Trinajstić information content (AvgIpc) is 3.45. The average molecular weight is 382 g/mol. The molecule has 0 aliphatic carbocycles. The molecule has 5 aromatic rings. The van der Waals surface area contributed by atoms with E-state index < -0.39 is 0 Å². The van der Waals surface area contributed by atoms with E-state index in [1.165, 1.54) is 0 Å². The van der Waals surface area contributed by atoms with E-state index in [2.05, 4.69) is 30.3 Å². The van der Waals surface area contributed by atoms with Gasteiger partial charge in [0.15, 0.2) is 0 Å². The minimum absolute atomic E-state index is 0.335. The lowest BCUT2D eigenvalue weighted by atomic mass is 10.1. The Kier molecular flexibility index (Phi) is 4.26. The first-order valence-corrected chi connectivity index (χ1v) is 8.84. The first-order valence-electron chi connectivity index (χ1n) is 8.84. The Morgan fingerprint density at radius 1 is 0.862 bits per heavy atom. The Balaban J connectivity index is 1.50. The summed E-state index contributed by atoms with van der Waals surface area (Å²) in [5.41, 5.74) is 2.93. The molecule has 0 amide bonds. The predicted octanol–water partition coefficient (Wildman–Crippen LogP) is 4.38. The molecule has 0 aliphatic rings. The molecular weight excluding hydrogens is 368 g/mol. The van der Waals surface area contributed by atoms with E-state index in [0.29, 0.717) is 34.5 Å². The molecule has 0 aliphatic heterocycles. The summed E-state index contributed by atoms with van der Waals surface area (Å²) in [6, 6.07) is 16.8. The van der Waals surface area contributed by atoms with Crippen LogP contribution in [-0.2, 0) is 0 Å². The normalized spacial score (nSPS) is 10.8. The van der Waals surface area contributed by atoms with Crippen molar-refractivity contribution in [3.05, 3.63) is 79.4 Å². The molecule has 0 spiro atoms. The lowest BCUT2D eigenvalue weighted by Gasteiger charge is -2.06. The largest absolute Gasteiger partial charge is 0.438 e. The number of benzene rings is 1. The second-order valence-corrected chi connectivity index (χ2v) is 6.09. The number of nitrogens with zero attached hydrogens (tertiary/aromatic N) is 5. The van der Waals surface area contributed by atoms with Gasteiger partial charge in [0.2, 0.25) is 11.7 Å². The van der Waals surface area contributed by atoms with Crippen molar-refractivity contribution in [3.63, 3.8) is 0 Å². The second-order valence-electron chi connectivity index (χ2n) is 6.09. The minimum atomic E-state index is 0.335. The fourth-order valence-electron chi connectivity index (χ4n) is 2.86. The number of H-pyrrole nitrogens is 1. The summed E-state index contributed by atoms with van der Waals surface area (Å²) in [6.07, 6.45) is 6.74. The van der Waals surface area contributed by atoms with Crippen LogP contribution < -0.4 is 4.74 Å². The maximum absolute atomic E-state index is 5.90. The summed E-state index contributed by atoms with van der Waals surface area (Å²) in [7, 11) is 0. The molecule has 0 radical (unpaired) electrons. The molecule has 0 saturated carbocycles. The summed E-state index contributed by atoms with van der Waals surface area (Å²) >= 11 is 0. The lowest BCUT2D eigenvalue weighted by Crippen LogP contribution is -1.92. The molecule has 0 bridgehead atoms. The van der Waals surface area contributed by atoms with Gasteiger partial charge in [0.25, 0.3) is 5.89 Å². The summed E-state index contributed by atoms with van der Waals surface area (Å²) < 4.78 is 11.4. The number of nitrogens with one attached hydrogen (secondary N) is 1. The van der Waals surface area contributed by atoms with Crippen molar-refractivity contribution in [1.82, 2.24) is 30.3 Å². The van der Waals surface area contributed by atoms with Crippen molar-refractivity contribution >= 4 is 0 Å². The fourth-order valence-corrected chi connectivity index (χ4v) is 2.86. The van der Waals surface area contributed by atoms with Gasteiger partial charge in [-0.2, -0.15) is 10.1 Å². The highest BCUT2D eigenvalue weighted by Gasteiger charge is 2.19. The number of ether oxygens (including phenoxy) is 1. The lowest BCUT2D eigenvalue weighted by molar-refractivity contribution is 0.430. The Morgan fingerprint density at radius 2 is 1.76 bits per heavy atom. The predicted molar refractivity (Wildman–Crippen MR) is 105 cm³/mol. The van der Waals surface area contributed by atoms with E-state index in [-0.39, 0.29) is 0 Å². The van der Waals surface area contributed by atoms with Crippen LogP contribution in [0, 0.1) is 0 Å². The van der Waals surface area contributed by atoms with Crippen molar-refractivity contribution in [2.45, 2.75) is 0 Å². The molecule has 5 rings (SSSR count). The zero-order chi connectivity index (χ0) is 19.5. The van der Waals surface area contributed by atoms with Crippen LogP contribution in [0.2, 0.25) is 0 Å². The summed E-state index contributed by atoms with van der Waals surface area (Å²) in [4.78, 5) is 13.0. The molecule has 0 fully saturated rings. The van der Waals surface area contributed by atoms with Crippen LogP contribution in [0.15, 0.2) is 83.9 Å². The van der Waals surface area contributed by atoms with Crippen LogP contribution in [0.4, 0.5) is 0 Å². The van der Waals surface area contributed by atoms with E-state index >= 15 is 0 Å². The van der Waals surface area contributed by atoms with Crippen LogP contribution >= 0.6 is 0 Å². The molecule has 29 heavy (non-hydrogen) atoms. The number of aromatic amines is 1. The van der Waals surface area contributed by atoms with E-state index in [1.54, 1.807) is 30.9 Å². The van der Waals surface area contributed by atoms with Crippen LogP contribution in [0.25, 0.3) is 34.1 Å². The van der Waals surface area contributed by atoms with Gasteiger partial charge in [-0.15, -0.1) is 0 Å². The maximum atomic E-state index is 5.90. The molecule has 4 heterocycles. The Hall–Kier alpha value is -4.33. The molecule has 4 aromatic heterocycles. The summed E-state index contributed by atoms with van der Waals surface area (Å²) in [5.74, 6) is 1.77. The van der Waals surface area contributed by atoms with Crippen LogP contribution in [0.5, 0.6) is 11.6 Å². The van der Waals surface area contributed by atoms with Crippen molar-refractivity contribution in [3.8, 4) is 45.7 Å². The van der Waals surface area contributed by atoms with Crippen LogP contribution in [0.1, 0.15) is 0 Å². The van der Waals surface area contributed by atoms with Crippen molar-refractivity contribution in [1.29, 1.82) is 0 Å².